The number of nitrogens with one attached hydrogen (secondary N) is 1. The minimum atomic E-state index is -0.522. The van der Waals surface area contributed by atoms with Crippen LogP contribution in [0, 0.1) is 6.92 Å². The van der Waals surface area contributed by atoms with E-state index in [1.54, 1.807) is 0 Å². The van der Waals surface area contributed by atoms with Crippen LogP contribution in [0.5, 0.6) is 0 Å². The minimum Gasteiger partial charge on any atom is -0.387 e. The zero-order valence-electron chi connectivity index (χ0n) is 13.2. The predicted octanol–water partition coefficient (Wildman–Crippen LogP) is 2.23. The molecule has 0 aliphatic heterocycles. The van der Waals surface area contributed by atoms with Crippen LogP contribution in [0.25, 0.3) is 10.8 Å². The molecular weight excluding hydrogens is 326 g/mol. The third-order valence-electron chi connectivity index (χ3n) is 3.60. The van der Waals surface area contributed by atoms with Crippen molar-refractivity contribution >= 4 is 17.2 Å². The van der Waals surface area contributed by atoms with E-state index in [1.165, 1.54) is 16.0 Å². The van der Waals surface area contributed by atoms with Gasteiger partial charge >= 0.3 is 5.76 Å². The summed E-state index contributed by atoms with van der Waals surface area (Å²) in [5, 5.41) is 8.83. The molecule has 6 nitrogen and oxygen atoms in total. The van der Waals surface area contributed by atoms with Gasteiger partial charge in [-0.1, -0.05) is 30.3 Å². The highest BCUT2D eigenvalue weighted by molar-refractivity contribution is 7.13. The summed E-state index contributed by atoms with van der Waals surface area (Å²) >= 11 is 1.45. The van der Waals surface area contributed by atoms with E-state index in [-0.39, 0.29) is 12.5 Å². The van der Waals surface area contributed by atoms with Crippen molar-refractivity contribution in [2.45, 2.75) is 19.9 Å². The second-order valence-electron chi connectivity index (χ2n) is 5.33. The van der Waals surface area contributed by atoms with E-state index in [0.717, 1.165) is 16.0 Å². The molecule has 2 heterocycles. The molecule has 0 radical (unpaired) electrons. The van der Waals surface area contributed by atoms with E-state index in [2.05, 4.69) is 10.4 Å². The van der Waals surface area contributed by atoms with Gasteiger partial charge in [-0.15, -0.1) is 16.4 Å². The van der Waals surface area contributed by atoms with Crippen LogP contribution in [-0.2, 0) is 17.8 Å². The Morgan fingerprint density at radius 1 is 1.29 bits per heavy atom. The van der Waals surface area contributed by atoms with Gasteiger partial charge in [0.25, 0.3) is 5.89 Å². The number of amides is 1. The van der Waals surface area contributed by atoms with E-state index < -0.39 is 5.76 Å². The number of benzene rings is 1. The number of nitrogens with zero attached hydrogens (tertiary/aromatic N) is 2. The molecule has 0 saturated heterocycles. The van der Waals surface area contributed by atoms with Crippen LogP contribution < -0.4 is 11.1 Å². The molecule has 0 aliphatic carbocycles. The number of aromatic nitrogens is 2. The maximum absolute atomic E-state index is 12.0. The van der Waals surface area contributed by atoms with Crippen molar-refractivity contribution in [1.82, 2.24) is 15.1 Å². The Balaban J connectivity index is 1.54. The molecule has 7 heteroatoms. The molecule has 0 saturated carbocycles. The molecule has 0 bridgehead atoms. The number of aryl methyl sites for hydroxylation is 1. The van der Waals surface area contributed by atoms with Crippen LogP contribution >= 0.6 is 11.3 Å². The van der Waals surface area contributed by atoms with Crippen molar-refractivity contribution in [3.05, 3.63) is 63.5 Å². The summed E-state index contributed by atoms with van der Waals surface area (Å²) in [6, 6.07) is 11.5. The SMILES string of the molecule is Cc1ccccc1CC(=O)NCCn1nc(-c2cccs2)oc1=O. The number of hydrogen-bond donors (Lipinski definition) is 1. The van der Waals surface area contributed by atoms with Gasteiger partial charge in [0.15, 0.2) is 0 Å². The molecule has 0 atom stereocenters. The maximum Gasteiger partial charge on any atom is 0.437 e. The lowest BCUT2D eigenvalue weighted by Crippen LogP contribution is -2.31. The van der Waals surface area contributed by atoms with Crippen molar-refractivity contribution in [2.24, 2.45) is 0 Å². The lowest BCUT2D eigenvalue weighted by molar-refractivity contribution is -0.120. The molecule has 0 unspecified atom stereocenters. The quantitative estimate of drug-likeness (QED) is 0.744. The molecule has 0 aliphatic rings. The van der Waals surface area contributed by atoms with Crippen LogP contribution in [-0.4, -0.2) is 22.2 Å². The van der Waals surface area contributed by atoms with E-state index in [1.807, 2.05) is 48.7 Å². The third-order valence-corrected chi connectivity index (χ3v) is 4.45. The van der Waals surface area contributed by atoms with Crippen molar-refractivity contribution < 1.29 is 9.21 Å². The normalized spacial score (nSPS) is 10.7. The third kappa shape index (κ3) is 3.80. The predicted molar refractivity (Wildman–Crippen MR) is 92.0 cm³/mol. The average molecular weight is 343 g/mol. The van der Waals surface area contributed by atoms with E-state index in [9.17, 15) is 9.59 Å². The standard InChI is InChI=1S/C17H17N3O3S/c1-12-5-2-3-6-13(12)11-15(21)18-8-9-20-17(22)23-16(19-20)14-7-4-10-24-14/h2-7,10H,8-9,11H2,1H3,(H,18,21). The molecular formula is C17H17N3O3S. The van der Waals surface area contributed by atoms with Gasteiger partial charge < -0.3 is 9.73 Å². The Morgan fingerprint density at radius 3 is 2.88 bits per heavy atom. The van der Waals surface area contributed by atoms with Crippen LogP contribution in [0.4, 0.5) is 0 Å². The first kappa shape index (κ1) is 16.2. The highest BCUT2D eigenvalue weighted by Crippen LogP contribution is 2.20. The van der Waals surface area contributed by atoms with Crippen molar-refractivity contribution in [1.29, 1.82) is 0 Å². The summed E-state index contributed by atoms with van der Waals surface area (Å²) in [5.74, 6) is -0.299. The monoisotopic (exact) mass is 343 g/mol. The van der Waals surface area contributed by atoms with Gasteiger partial charge in [-0.2, -0.15) is 4.68 Å². The average Bonchev–Trinajstić information content (AvgIpc) is 3.20. The summed E-state index contributed by atoms with van der Waals surface area (Å²) in [7, 11) is 0. The van der Waals surface area contributed by atoms with Crippen molar-refractivity contribution in [2.75, 3.05) is 6.54 Å². The molecule has 124 valence electrons. The molecule has 0 spiro atoms. The minimum absolute atomic E-state index is 0.0840. The van der Waals surface area contributed by atoms with Gasteiger partial charge in [-0.05, 0) is 29.5 Å². The lowest BCUT2D eigenvalue weighted by Gasteiger charge is -2.06. The van der Waals surface area contributed by atoms with Gasteiger partial charge in [0.2, 0.25) is 5.91 Å². The Morgan fingerprint density at radius 2 is 2.12 bits per heavy atom. The first-order chi connectivity index (χ1) is 11.6. The second kappa shape index (κ2) is 7.27. The van der Waals surface area contributed by atoms with E-state index in [4.69, 9.17) is 4.42 Å². The van der Waals surface area contributed by atoms with Crippen LogP contribution in [0.1, 0.15) is 11.1 Å². The van der Waals surface area contributed by atoms with Gasteiger partial charge in [-0.25, -0.2) is 4.79 Å². The van der Waals surface area contributed by atoms with Crippen molar-refractivity contribution in [3.63, 3.8) is 0 Å². The largest absolute Gasteiger partial charge is 0.437 e. The summed E-state index contributed by atoms with van der Waals surface area (Å²) in [5.41, 5.74) is 2.08. The van der Waals surface area contributed by atoms with Crippen LogP contribution in [0.3, 0.4) is 0 Å². The van der Waals surface area contributed by atoms with Gasteiger partial charge in [0.05, 0.1) is 17.8 Å². The second-order valence-corrected chi connectivity index (χ2v) is 6.27. The number of carbonyl (C=O) groups excluding carboxylic acids is 1. The van der Waals surface area contributed by atoms with Gasteiger partial charge in [0.1, 0.15) is 0 Å². The first-order valence-corrected chi connectivity index (χ1v) is 8.44. The van der Waals surface area contributed by atoms with E-state index in [0.29, 0.717) is 18.9 Å². The fourth-order valence-electron chi connectivity index (χ4n) is 2.29. The molecule has 1 N–H and O–H groups in total. The molecule has 3 aromatic rings. The van der Waals surface area contributed by atoms with E-state index >= 15 is 0 Å². The van der Waals surface area contributed by atoms with Crippen LogP contribution in [0.15, 0.2) is 51.0 Å². The maximum atomic E-state index is 12.0. The summed E-state index contributed by atoms with van der Waals surface area (Å²) in [6.07, 6.45) is 0.320. The topological polar surface area (TPSA) is 77.1 Å². The smallest absolute Gasteiger partial charge is 0.387 e. The highest BCUT2D eigenvalue weighted by Gasteiger charge is 2.11. The zero-order valence-corrected chi connectivity index (χ0v) is 14.0. The first-order valence-electron chi connectivity index (χ1n) is 7.56. The van der Waals surface area contributed by atoms with Gasteiger partial charge in [0, 0.05) is 6.54 Å². The Labute approximate surface area is 142 Å². The Bertz CT molecular complexity index is 881. The molecule has 1 amide bonds. The Hall–Kier alpha value is -2.67. The molecule has 1 aromatic carbocycles. The molecule has 3 rings (SSSR count). The number of rotatable bonds is 6. The highest BCUT2D eigenvalue weighted by atomic mass is 32.1. The molecule has 24 heavy (non-hydrogen) atoms. The number of carbonyl (C=O) groups is 1. The number of thiophene rings is 1. The van der Waals surface area contributed by atoms with Crippen molar-refractivity contribution in [3.8, 4) is 10.8 Å². The Kier molecular flexibility index (Phi) is 4.90. The lowest BCUT2D eigenvalue weighted by atomic mass is 10.1. The fraction of sp³-hybridized carbons (Fsp3) is 0.235. The summed E-state index contributed by atoms with van der Waals surface area (Å²) in [6.45, 7) is 2.57. The summed E-state index contributed by atoms with van der Waals surface area (Å²) in [4.78, 5) is 24.6. The fourth-order valence-corrected chi connectivity index (χ4v) is 2.94. The van der Waals surface area contributed by atoms with Gasteiger partial charge in [-0.3, -0.25) is 4.79 Å². The molecule has 2 aromatic heterocycles. The molecule has 0 fully saturated rings. The zero-order chi connectivity index (χ0) is 16.9. The number of hydrogen-bond acceptors (Lipinski definition) is 5. The van der Waals surface area contributed by atoms with Crippen LogP contribution in [0.2, 0.25) is 0 Å². The summed E-state index contributed by atoms with van der Waals surface area (Å²) < 4.78 is 6.35.